The van der Waals surface area contributed by atoms with Gasteiger partial charge in [0.05, 0.1) is 22.8 Å². The smallest absolute Gasteiger partial charge is 0.306 e. The average molecular weight is 597 g/mol. The minimum absolute atomic E-state index is 0.00150. The van der Waals surface area contributed by atoms with Gasteiger partial charge in [0, 0.05) is 35.5 Å². The molecule has 3 aromatic rings. The van der Waals surface area contributed by atoms with Gasteiger partial charge >= 0.3 is 5.97 Å². The summed E-state index contributed by atoms with van der Waals surface area (Å²) in [4.78, 5) is 44.1. The normalized spacial score (nSPS) is 17.4. The van der Waals surface area contributed by atoms with Gasteiger partial charge in [-0.15, -0.1) is 0 Å². The SMILES string of the molecule is CCC(C)(C)N(C/C=C(\C)CC(=O)C1CC(C(=O)O)C1)C(=O)c1cn2nc(-c3ccc(F)c(Cl)c3)cc(C(C)C)c2n1. The number of imidazole rings is 1. The second-order valence-corrected chi connectivity index (χ2v) is 12.5. The lowest BCUT2D eigenvalue weighted by molar-refractivity contribution is -0.148. The molecule has 0 radical (unpaired) electrons. The molecule has 1 aliphatic carbocycles. The number of benzene rings is 1. The molecule has 0 aliphatic heterocycles. The lowest BCUT2D eigenvalue weighted by atomic mass is 9.72. The molecule has 1 amide bonds. The summed E-state index contributed by atoms with van der Waals surface area (Å²) in [6, 6.07) is 6.33. The molecule has 0 atom stereocenters. The Balaban J connectivity index is 1.61. The van der Waals surface area contributed by atoms with Crippen LogP contribution in [0.15, 0.2) is 42.1 Å². The van der Waals surface area contributed by atoms with E-state index in [9.17, 15) is 18.8 Å². The number of carbonyl (C=O) groups excluding carboxylic acids is 2. The molecule has 8 nitrogen and oxygen atoms in total. The number of hydrogen-bond acceptors (Lipinski definition) is 5. The number of nitrogens with zero attached hydrogens (tertiary/aromatic N) is 4. The van der Waals surface area contributed by atoms with Crippen LogP contribution in [-0.4, -0.2) is 54.3 Å². The number of allylic oxidation sites excluding steroid dienone is 1. The summed E-state index contributed by atoms with van der Waals surface area (Å²) in [6.07, 6.45) is 5.23. The first kappa shape index (κ1) is 31.3. The Hall–Kier alpha value is -3.59. The van der Waals surface area contributed by atoms with Crippen LogP contribution in [0.25, 0.3) is 16.9 Å². The number of aromatic nitrogens is 3. The Morgan fingerprint density at radius 2 is 1.90 bits per heavy atom. The number of amides is 1. The number of Topliss-reactive ketones (excluding diaryl/α,β-unsaturated/α-hetero) is 1. The minimum Gasteiger partial charge on any atom is -0.481 e. The van der Waals surface area contributed by atoms with Crippen LogP contribution >= 0.6 is 11.6 Å². The molecule has 2 heterocycles. The fourth-order valence-electron chi connectivity index (χ4n) is 5.08. The van der Waals surface area contributed by atoms with E-state index < -0.39 is 23.2 Å². The Bertz CT molecular complexity index is 1560. The highest BCUT2D eigenvalue weighted by Crippen LogP contribution is 2.36. The zero-order chi connectivity index (χ0) is 30.9. The Labute approximate surface area is 250 Å². The van der Waals surface area contributed by atoms with Gasteiger partial charge in [0.1, 0.15) is 17.3 Å². The van der Waals surface area contributed by atoms with Crippen LogP contribution in [0.2, 0.25) is 5.02 Å². The minimum atomic E-state index is -0.846. The fourth-order valence-corrected chi connectivity index (χ4v) is 5.26. The molecule has 1 aromatic carbocycles. The van der Waals surface area contributed by atoms with E-state index in [2.05, 4.69) is 5.10 Å². The fraction of sp³-hybridized carbons (Fsp3) is 0.469. The lowest BCUT2D eigenvalue weighted by Crippen LogP contribution is -2.47. The zero-order valence-corrected chi connectivity index (χ0v) is 25.7. The molecule has 0 saturated heterocycles. The summed E-state index contributed by atoms with van der Waals surface area (Å²) < 4.78 is 15.4. The largest absolute Gasteiger partial charge is 0.481 e. The summed E-state index contributed by atoms with van der Waals surface area (Å²) in [7, 11) is 0. The van der Waals surface area contributed by atoms with Gasteiger partial charge in [0.15, 0.2) is 5.65 Å². The first-order valence-electron chi connectivity index (χ1n) is 14.3. The second kappa shape index (κ2) is 12.3. The highest BCUT2D eigenvalue weighted by atomic mass is 35.5. The van der Waals surface area contributed by atoms with E-state index in [-0.39, 0.29) is 40.7 Å². The zero-order valence-electron chi connectivity index (χ0n) is 24.9. The van der Waals surface area contributed by atoms with E-state index in [1.54, 1.807) is 21.7 Å². The van der Waals surface area contributed by atoms with Crippen LogP contribution < -0.4 is 0 Å². The summed E-state index contributed by atoms with van der Waals surface area (Å²) >= 11 is 6.03. The number of ketones is 1. The molecule has 0 bridgehead atoms. The van der Waals surface area contributed by atoms with Gasteiger partial charge in [-0.3, -0.25) is 14.4 Å². The van der Waals surface area contributed by atoms with E-state index in [1.807, 2.05) is 53.7 Å². The van der Waals surface area contributed by atoms with Gasteiger partial charge in [-0.25, -0.2) is 13.9 Å². The van der Waals surface area contributed by atoms with Crippen LogP contribution in [0.5, 0.6) is 0 Å². The van der Waals surface area contributed by atoms with E-state index in [0.717, 1.165) is 11.1 Å². The predicted molar refractivity (Wildman–Crippen MR) is 160 cm³/mol. The molecule has 42 heavy (non-hydrogen) atoms. The van der Waals surface area contributed by atoms with Gasteiger partial charge in [0.25, 0.3) is 5.91 Å². The van der Waals surface area contributed by atoms with Crippen molar-refractivity contribution in [3.63, 3.8) is 0 Å². The summed E-state index contributed by atoms with van der Waals surface area (Å²) in [5.41, 5.74) is 3.27. The van der Waals surface area contributed by atoms with Crippen molar-refractivity contribution in [3.8, 4) is 11.3 Å². The topological polar surface area (TPSA) is 105 Å². The van der Waals surface area contributed by atoms with E-state index >= 15 is 0 Å². The van der Waals surface area contributed by atoms with Gasteiger partial charge in [-0.05, 0) is 70.2 Å². The van der Waals surface area contributed by atoms with Crippen molar-refractivity contribution < 1.29 is 23.9 Å². The predicted octanol–water partition coefficient (Wildman–Crippen LogP) is 6.96. The molecule has 1 fully saturated rings. The van der Waals surface area contributed by atoms with Crippen molar-refractivity contribution in [1.29, 1.82) is 0 Å². The highest BCUT2D eigenvalue weighted by Gasteiger charge is 2.38. The Morgan fingerprint density at radius 1 is 1.21 bits per heavy atom. The summed E-state index contributed by atoms with van der Waals surface area (Å²) in [5.74, 6) is -2.14. The third-order valence-electron chi connectivity index (χ3n) is 8.37. The van der Waals surface area contributed by atoms with Crippen LogP contribution in [0, 0.1) is 17.7 Å². The number of hydrogen-bond donors (Lipinski definition) is 1. The lowest BCUT2D eigenvalue weighted by Gasteiger charge is -2.37. The Morgan fingerprint density at radius 3 is 2.50 bits per heavy atom. The van der Waals surface area contributed by atoms with Crippen molar-refractivity contribution in [1.82, 2.24) is 19.5 Å². The first-order valence-corrected chi connectivity index (χ1v) is 14.7. The quantitative estimate of drug-likeness (QED) is 0.240. The van der Waals surface area contributed by atoms with E-state index in [0.29, 0.717) is 42.7 Å². The molecule has 0 spiro atoms. The molecule has 224 valence electrons. The van der Waals surface area contributed by atoms with E-state index in [1.165, 1.54) is 12.1 Å². The van der Waals surface area contributed by atoms with Crippen LogP contribution in [-0.2, 0) is 9.59 Å². The third-order valence-corrected chi connectivity index (χ3v) is 8.66. The average Bonchev–Trinajstić information content (AvgIpc) is 3.32. The van der Waals surface area contributed by atoms with Crippen molar-refractivity contribution in [2.75, 3.05) is 6.54 Å². The van der Waals surface area contributed by atoms with Gasteiger partial charge in [-0.1, -0.05) is 44.0 Å². The second-order valence-electron chi connectivity index (χ2n) is 12.1. The van der Waals surface area contributed by atoms with Crippen LogP contribution in [0.3, 0.4) is 0 Å². The van der Waals surface area contributed by atoms with Gasteiger partial charge in [0.2, 0.25) is 0 Å². The molecular weight excluding hydrogens is 559 g/mol. The van der Waals surface area contributed by atoms with E-state index in [4.69, 9.17) is 21.7 Å². The maximum Gasteiger partial charge on any atom is 0.306 e. The molecule has 1 saturated carbocycles. The molecule has 2 aromatic heterocycles. The van der Waals surface area contributed by atoms with Crippen molar-refractivity contribution in [3.05, 3.63) is 64.2 Å². The standard InChI is InChI=1S/C32H38ClFN4O4/c1-7-32(5,6)37(11-10-19(4)12-28(39)21-13-22(14-21)31(41)42)30(40)27-17-38-29(35-27)23(18(2)3)16-26(36-38)20-8-9-25(34)24(33)15-20/h8-10,15-18,21-22H,7,11-14H2,1-6H3,(H,41,42)/b19-10+. The van der Waals surface area contributed by atoms with Gasteiger partial charge in [-0.2, -0.15) is 5.10 Å². The van der Waals surface area contributed by atoms with Crippen molar-refractivity contribution in [2.24, 2.45) is 11.8 Å². The van der Waals surface area contributed by atoms with Crippen LogP contribution in [0.4, 0.5) is 4.39 Å². The molecule has 10 heteroatoms. The summed E-state index contributed by atoms with van der Waals surface area (Å²) in [6.45, 7) is 12.2. The molecule has 0 unspecified atom stereocenters. The van der Waals surface area contributed by atoms with Gasteiger partial charge < -0.3 is 10.0 Å². The van der Waals surface area contributed by atoms with Crippen molar-refractivity contribution in [2.45, 2.75) is 78.7 Å². The molecule has 4 rings (SSSR count). The third kappa shape index (κ3) is 6.56. The molecule has 1 N–H and O–H groups in total. The number of rotatable bonds is 11. The number of fused-ring (bicyclic) bond motifs is 1. The van der Waals surface area contributed by atoms with Crippen molar-refractivity contribution >= 4 is 34.9 Å². The van der Waals surface area contributed by atoms with Crippen LogP contribution in [0.1, 0.15) is 89.2 Å². The summed E-state index contributed by atoms with van der Waals surface area (Å²) in [5, 5.41) is 13.8. The number of carboxylic acids is 1. The molecular formula is C32H38ClFN4O4. The maximum atomic E-state index is 13.9. The molecule has 1 aliphatic rings. The number of carbonyl (C=O) groups is 3. The highest BCUT2D eigenvalue weighted by molar-refractivity contribution is 6.31. The first-order chi connectivity index (χ1) is 19.7. The Kier molecular flexibility index (Phi) is 9.21. The maximum absolute atomic E-state index is 13.9. The number of halogens is 2. The number of aliphatic carboxylic acids is 1. The number of carboxylic acid groups (broad SMARTS) is 1. The monoisotopic (exact) mass is 596 g/mol.